The van der Waals surface area contributed by atoms with E-state index in [1.54, 1.807) is 55.6 Å². The first-order valence-electron chi connectivity index (χ1n) is 7.72. The van der Waals surface area contributed by atoms with E-state index in [1.807, 2.05) is 42.5 Å². The first-order chi connectivity index (χ1) is 12.1. The molecule has 0 unspecified atom stereocenters. The Balaban J connectivity index is 1.84. The molecular formula is C19H18NO4P. The monoisotopic (exact) mass is 355 g/mol. The largest absolute Gasteiger partial charge is 0.610 e. The number of para-hydroxylation sites is 3. The lowest BCUT2D eigenvalue weighted by Crippen LogP contribution is -2.20. The summed E-state index contributed by atoms with van der Waals surface area (Å²) in [5, 5.41) is 1.37. The van der Waals surface area contributed by atoms with Gasteiger partial charge in [-0.15, -0.1) is 4.62 Å². The lowest BCUT2D eigenvalue weighted by atomic mass is 10.3. The summed E-state index contributed by atoms with van der Waals surface area (Å²) in [6.07, 6.45) is 0. The van der Waals surface area contributed by atoms with Crippen molar-refractivity contribution in [2.45, 2.75) is 0 Å². The molecule has 5 nitrogen and oxygen atoms in total. The lowest BCUT2D eigenvalue weighted by molar-refractivity contribution is 0.201. The van der Waals surface area contributed by atoms with Crippen molar-refractivity contribution in [1.82, 2.24) is 0 Å². The molecule has 0 N–H and O–H groups in total. The molecule has 0 amide bonds. The summed E-state index contributed by atoms with van der Waals surface area (Å²) < 4.78 is 29.9. The average Bonchev–Trinajstić information content (AvgIpc) is 2.64. The molecule has 0 fully saturated rings. The first kappa shape index (κ1) is 17.1. The Kier molecular flexibility index (Phi) is 5.39. The number of phosphoric acid groups is 1. The predicted octanol–water partition coefficient (Wildman–Crippen LogP) is 5.32. The molecule has 6 heteroatoms. The van der Waals surface area contributed by atoms with Crippen LogP contribution in [0.1, 0.15) is 0 Å². The van der Waals surface area contributed by atoms with Gasteiger partial charge in [0.05, 0.1) is 5.69 Å². The van der Waals surface area contributed by atoms with Crippen LogP contribution in [0.2, 0.25) is 0 Å². The summed E-state index contributed by atoms with van der Waals surface area (Å²) in [4.78, 5) is 0. The van der Waals surface area contributed by atoms with Gasteiger partial charge in [0, 0.05) is 7.05 Å². The summed E-state index contributed by atoms with van der Waals surface area (Å²) in [6.45, 7) is 0. The third-order valence-corrected chi connectivity index (χ3v) is 4.58. The molecule has 0 spiro atoms. The van der Waals surface area contributed by atoms with E-state index in [4.69, 9.17) is 13.7 Å². The number of hydroxylamine groups is 1. The zero-order valence-electron chi connectivity index (χ0n) is 13.7. The van der Waals surface area contributed by atoms with Crippen molar-refractivity contribution < 1.29 is 18.2 Å². The Bertz CT molecular complexity index is 782. The van der Waals surface area contributed by atoms with Crippen LogP contribution < -0.4 is 14.1 Å². The molecule has 0 aliphatic rings. The fraction of sp³-hybridized carbons (Fsp3) is 0.0526. The number of hydrogen-bond acceptors (Lipinski definition) is 5. The molecule has 3 aromatic carbocycles. The van der Waals surface area contributed by atoms with E-state index >= 15 is 0 Å². The second-order valence-corrected chi connectivity index (χ2v) is 6.59. The number of benzene rings is 3. The van der Waals surface area contributed by atoms with Crippen LogP contribution in [0.4, 0.5) is 5.69 Å². The zero-order chi connectivity index (χ0) is 17.5. The highest BCUT2D eigenvalue weighted by Crippen LogP contribution is 2.50. The first-order valence-corrected chi connectivity index (χ1v) is 9.18. The van der Waals surface area contributed by atoms with Crippen LogP contribution in [-0.4, -0.2) is 7.05 Å². The van der Waals surface area contributed by atoms with Crippen LogP contribution in [0.5, 0.6) is 11.5 Å². The highest BCUT2D eigenvalue weighted by atomic mass is 31.2. The predicted molar refractivity (Wildman–Crippen MR) is 97.7 cm³/mol. The van der Waals surface area contributed by atoms with Crippen molar-refractivity contribution in [3.05, 3.63) is 91.0 Å². The van der Waals surface area contributed by atoms with E-state index in [0.29, 0.717) is 11.5 Å². The van der Waals surface area contributed by atoms with E-state index in [0.717, 1.165) is 5.69 Å². The molecule has 128 valence electrons. The third kappa shape index (κ3) is 4.86. The van der Waals surface area contributed by atoms with Gasteiger partial charge in [-0.1, -0.05) is 54.6 Å². The minimum atomic E-state index is -3.96. The number of rotatable bonds is 7. The molecule has 0 bridgehead atoms. The zero-order valence-corrected chi connectivity index (χ0v) is 14.6. The summed E-state index contributed by atoms with van der Waals surface area (Å²) in [5.74, 6) is 0.784. The van der Waals surface area contributed by atoms with Gasteiger partial charge in [0.1, 0.15) is 11.5 Å². The Labute approximate surface area is 147 Å². The summed E-state index contributed by atoms with van der Waals surface area (Å²) in [7, 11) is -2.32. The van der Waals surface area contributed by atoms with Crippen LogP contribution in [0.3, 0.4) is 0 Å². The SMILES string of the molecule is CN(OP(=O)(Oc1ccccc1)Oc1ccccc1)c1ccccc1. The Hall–Kier alpha value is -2.75. The normalized spacial score (nSPS) is 10.9. The van der Waals surface area contributed by atoms with Crippen molar-refractivity contribution in [2.75, 3.05) is 12.1 Å². The summed E-state index contributed by atoms with van der Waals surface area (Å²) >= 11 is 0. The van der Waals surface area contributed by atoms with Crippen molar-refractivity contribution >= 4 is 13.5 Å². The molecule has 0 radical (unpaired) electrons. The topological polar surface area (TPSA) is 48.0 Å². The number of anilines is 1. The molecule has 25 heavy (non-hydrogen) atoms. The van der Waals surface area contributed by atoms with E-state index < -0.39 is 7.82 Å². The van der Waals surface area contributed by atoms with Gasteiger partial charge in [-0.2, -0.15) is 0 Å². The minimum Gasteiger partial charge on any atom is -0.394 e. The smallest absolute Gasteiger partial charge is 0.394 e. The maximum atomic E-state index is 13.2. The van der Waals surface area contributed by atoms with Crippen LogP contribution >= 0.6 is 7.82 Å². The van der Waals surface area contributed by atoms with Crippen LogP contribution in [0, 0.1) is 0 Å². The summed E-state index contributed by atoms with van der Waals surface area (Å²) in [6, 6.07) is 26.8. The van der Waals surface area contributed by atoms with E-state index in [9.17, 15) is 4.57 Å². The van der Waals surface area contributed by atoms with E-state index in [2.05, 4.69) is 0 Å². The van der Waals surface area contributed by atoms with Gasteiger partial charge in [0.25, 0.3) is 0 Å². The van der Waals surface area contributed by atoms with Gasteiger partial charge in [-0.05, 0) is 36.4 Å². The molecule has 0 aromatic heterocycles. The number of phosphoric ester groups is 1. The van der Waals surface area contributed by atoms with Gasteiger partial charge in [0.15, 0.2) is 0 Å². The Morgan fingerprint density at radius 1 is 0.680 bits per heavy atom. The van der Waals surface area contributed by atoms with Crippen LogP contribution in [0.15, 0.2) is 91.0 Å². The molecule has 3 aromatic rings. The second kappa shape index (κ2) is 7.88. The average molecular weight is 355 g/mol. The van der Waals surface area contributed by atoms with Gasteiger partial charge >= 0.3 is 7.82 Å². The highest BCUT2D eigenvalue weighted by molar-refractivity contribution is 7.49. The molecule has 0 aliphatic carbocycles. The number of nitrogens with zero attached hydrogens (tertiary/aromatic N) is 1. The maximum Gasteiger partial charge on any atom is 0.610 e. The van der Waals surface area contributed by atoms with Gasteiger partial charge in [-0.3, -0.25) is 0 Å². The Morgan fingerprint density at radius 3 is 1.52 bits per heavy atom. The summed E-state index contributed by atoms with van der Waals surface area (Å²) in [5.41, 5.74) is 0.719. The fourth-order valence-corrected chi connectivity index (χ4v) is 3.37. The van der Waals surface area contributed by atoms with Crippen molar-refractivity contribution in [2.24, 2.45) is 0 Å². The molecule has 3 rings (SSSR count). The maximum absolute atomic E-state index is 13.2. The minimum absolute atomic E-state index is 0.392. The van der Waals surface area contributed by atoms with E-state index in [-0.39, 0.29) is 0 Å². The van der Waals surface area contributed by atoms with Crippen LogP contribution in [0.25, 0.3) is 0 Å². The van der Waals surface area contributed by atoms with Gasteiger partial charge in [-0.25, -0.2) is 9.63 Å². The molecule has 0 saturated carbocycles. The fourth-order valence-electron chi connectivity index (χ4n) is 2.11. The lowest BCUT2D eigenvalue weighted by Gasteiger charge is -2.24. The standard InChI is InChI=1S/C19H18NO4P/c1-20(17-11-5-2-6-12-17)24-25(21,22-18-13-7-3-8-14-18)23-19-15-9-4-10-16-19/h2-16H,1H3. The number of hydrogen-bond donors (Lipinski definition) is 0. The van der Waals surface area contributed by atoms with Crippen molar-refractivity contribution in [3.63, 3.8) is 0 Å². The van der Waals surface area contributed by atoms with Gasteiger partial charge < -0.3 is 9.05 Å². The highest BCUT2D eigenvalue weighted by Gasteiger charge is 2.34. The quantitative estimate of drug-likeness (QED) is 0.424. The van der Waals surface area contributed by atoms with Crippen molar-refractivity contribution in [3.8, 4) is 11.5 Å². The van der Waals surface area contributed by atoms with Crippen LogP contribution in [-0.2, 0) is 9.19 Å². The molecule has 0 heterocycles. The third-order valence-electron chi connectivity index (χ3n) is 3.26. The molecule has 0 atom stereocenters. The Morgan fingerprint density at radius 2 is 1.08 bits per heavy atom. The second-order valence-electron chi connectivity index (χ2n) is 5.17. The van der Waals surface area contributed by atoms with Crippen molar-refractivity contribution in [1.29, 1.82) is 0 Å². The van der Waals surface area contributed by atoms with E-state index in [1.165, 1.54) is 5.06 Å². The molecule has 0 aliphatic heterocycles. The molecule has 0 saturated heterocycles. The molecular weight excluding hydrogens is 337 g/mol. The van der Waals surface area contributed by atoms with Gasteiger partial charge in [0.2, 0.25) is 0 Å².